The first kappa shape index (κ1) is 13.7. The number of carbonyl (C=O) groups is 2. The Hall–Kier alpha value is -2.32. The van der Waals surface area contributed by atoms with Crippen molar-refractivity contribution in [2.45, 2.75) is 6.18 Å². The minimum atomic E-state index is -4.61. The summed E-state index contributed by atoms with van der Waals surface area (Å²) in [6.07, 6.45) is -4.93. The number of pyridine rings is 1. The number of carboxylic acid groups (broad SMARTS) is 1. The molecule has 1 rings (SSSR count). The Bertz CT molecular complexity index is 444. The van der Waals surface area contributed by atoms with Crippen LogP contribution in [-0.2, 0) is 4.74 Å². The van der Waals surface area contributed by atoms with Crippen molar-refractivity contribution in [3.8, 4) is 0 Å². The minimum Gasteiger partial charge on any atom is -0.477 e. The maximum absolute atomic E-state index is 11.7. The van der Waals surface area contributed by atoms with Gasteiger partial charge in [0.05, 0.1) is 11.9 Å². The van der Waals surface area contributed by atoms with Gasteiger partial charge in [0, 0.05) is 0 Å². The second-order valence-corrected chi connectivity index (χ2v) is 3.05. The van der Waals surface area contributed by atoms with Gasteiger partial charge in [-0.3, -0.25) is 5.32 Å². The lowest BCUT2D eigenvalue weighted by molar-refractivity contribution is -0.159. The summed E-state index contributed by atoms with van der Waals surface area (Å²) in [6, 6.07) is 2.26. The topological polar surface area (TPSA) is 88.5 Å². The molecule has 0 aliphatic carbocycles. The first-order valence-electron chi connectivity index (χ1n) is 4.48. The third-order valence-electron chi connectivity index (χ3n) is 1.60. The van der Waals surface area contributed by atoms with Crippen molar-refractivity contribution in [2.24, 2.45) is 0 Å². The molecule has 6 nitrogen and oxygen atoms in total. The number of carbonyl (C=O) groups excluding carboxylic acids is 1. The molecule has 18 heavy (non-hydrogen) atoms. The lowest BCUT2D eigenvalue weighted by Crippen LogP contribution is -2.23. The number of halogens is 3. The number of rotatable bonds is 3. The number of hydrogen-bond donors (Lipinski definition) is 2. The van der Waals surface area contributed by atoms with E-state index in [1.165, 1.54) is 6.07 Å². The summed E-state index contributed by atoms with van der Waals surface area (Å²) in [7, 11) is 0. The Morgan fingerprint density at radius 3 is 2.50 bits per heavy atom. The summed E-state index contributed by atoms with van der Waals surface area (Å²) in [5, 5.41) is 10.5. The lowest BCUT2D eigenvalue weighted by Gasteiger charge is -2.08. The van der Waals surface area contributed by atoms with E-state index < -0.39 is 24.8 Å². The van der Waals surface area contributed by atoms with Gasteiger partial charge in [-0.25, -0.2) is 14.6 Å². The van der Waals surface area contributed by atoms with Crippen molar-refractivity contribution in [2.75, 3.05) is 11.9 Å². The highest BCUT2D eigenvalue weighted by molar-refractivity contribution is 5.87. The molecule has 0 atom stereocenters. The van der Waals surface area contributed by atoms with Crippen molar-refractivity contribution >= 4 is 17.7 Å². The van der Waals surface area contributed by atoms with Crippen LogP contribution in [0.3, 0.4) is 0 Å². The Labute approximate surface area is 98.4 Å². The van der Waals surface area contributed by atoms with E-state index >= 15 is 0 Å². The summed E-state index contributed by atoms with van der Waals surface area (Å²) in [6.45, 7) is -1.71. The van der Waals surface area contributed by atoms with Crippen molar-refractivity contribution < 1.29 is 32.6 Å². The van der Waals surface area contributed by atoms with Crippen LogP contribution < -0.4 is 5.32 Å². The monoisotopic (exact) mass is 264 g/mol. The molecule has 1 aromatic rings. The Kier molecular flexibility index (Phi) is 4.08. The fraction of sp³-hybridized carbons (Fsp3) is 0.222. The zero-order valence-corrected chi connectivity index (χ0v) is 8.69. The van der Waals surface area contributed by atoms with E-state index in [4.69, 9.17) is 5.11 Å². The highest BCUT2D eigenvalue weighted by Gasteiger charge is 2.29. The standard InChI is InChI=1S/C9H7F3N2O4/c10-9(11,12)4-18-8(17)14-5-1-2-6(7(15)16)13-3-5/h1-3H,4H2,(H,14,17)(H,15,16). The molecule has 0 aliphatic rings. The number of alkyl halides is 3. The van der Waals surface area contributed by atoms with Gasteiger partial charge < -0.3 is 9.84 Å². The first-order valence-corrected chi connectivity index (χ1v) is 4.48. The second-order valence-electron chi connectivity index (χ2n) is 3.05. The quantitative estimate of drug-likeness (QED) is 0.870. The number of hydrogen-bond acceptors (Lipinski definition) is 4. The van der Waals surface area contributed by atoms with Crippen molar-refractivity contribution in [3.63, 3.8) is 0 Å². The average Bonchev–Trinajstić information content (AvgIpc) is 2.26. The summed E-state index contributed by atoms with van der Waals surface area (Å²) in [5.41, 5.74) is -0.239. The van der Waals surface area contributed by atoms with E-state index in [0.717, 1.165) is 12.3 Å². The Morgan fingerprint density at radius 1 is 1.39 bits per heavy atom. The SMILES string of the molecule is O=C(Nc1ccc(C(=O)O)nc1)OCC(F)(F)F. The smallest absolute Gasteiger partial charge is 0.422 e. The molecular formula is C9H7F3N2O4. The van der Waals surface area contributed by atoms with Crippen LogP contribution >= 0.6 is 0 Å². The Morgan fingerprint density at radius 2 is 2.06 bits per heavy atom. The maximum Gasteiger partial charge on any atom is 0.422 e. The van der Waals surface area contributed by atoms with Gasteiger partial charge in [-0.05, 0) is 12.1 Å². The zero-order valence-electron chi connectivity index (χ0n) is 8.69. The van der Waals surface area contributed by atoms with E-state index in [1.807, 2.05) is 5.32 Å². The molecule has 9 heteroatoms. The van der Waals surface area contributed by atoms with E-state index in [2.05, 4.69) is 9.72 Å². The molecule has 0 radical (unpaired) electrons. The first-order chi connectivity index (χ1) is 8.28. The van der Waals surface area contributed by atoms with Gasteiger partial charge >= 0.3 is 18.2 Å². The summed E-state index contributed by atoms with van der Waals surface area (Å²) < 4.78 is 39.0. The second kappa shape index (κ2) is 5.34. The minimum absolute atomic E-state index is 0.0205. The molecule has 0 fully saturated rings. The number of aromatic carboxylic acids is 1. The lowest BCUT2D eigenvalue weighted by atomic mass is 10.3. The predicted octanol–water partition coefficient (Wildman–Crippen LogP) is 1.89. The molecule has 0 spiro atoms. The maximum atomic E-state index is 11.7. The zero-order chi connectivity index (χ0) is 13.8. The molecule has 2 N–H and O–H groups in total. The van der Waals surface area contributed by atoms with Gasteiger partial charge in [0.15, 0.2) is 6.61 Å². The normalized spacial score (nSPS) is 10.8. The van der Waals surface area contributed by atoms with Crippen molar-refractivity contribution in [3.05, 3.63) is 24.0 Å². The van der Waals surface area contributed by atoms with Gasteiger partial charge in [-0.1, -0.05) is 0 Å². The fourth-order valence-electron chi connectivity index (χ4n) is 0.896. The average molecular weight is 264 g/mol. The third-order valence-corrected chi connectivity index (χ3v) is 1.60. The van der Waals surface area contributed by atoms with Gasteiger partial charge in [0.1, 0.15) is 5.69 Å². The van der Waals surface area contributed by atoms with Crippen LogP contribution in [0.4, 0.5) is 23.7 Å². The molecule has 1 heterocycles. The van der Waals surface area contributed by atoms with E-state index in [1.54, 1.807) is 0 Å². The summed E-state index contributed by atoms with van der Waals surface area (Å²) in [5.74, 6) is -1.26. The van der Waals surface area contributed by atoms with Crippen molar-refractivity contribution in [1.29, 1.82) is 0 Å². The molecule has 0 bridgehead atoms. The molecular weight excluding hydrogens is 257 g/mol. The molecule has 1 amide bonds. The molecule has 1 aromatic heterocycles. The molecule has 0 aromatic carbocycles. The number of amides is 1. The van der Waals surface area contributed by atoms with Gasteiger partial charge in [0.2, 0.25) is 0 Å². The summed E-state index contributed by atoms with van der Waals surface area (Å²) in [4.78, 5) is 24.8. The molecule has 0 saturated heterocycles. The summed E-state index contributed by atoms with van der Waals surface area (Å²) >= 11 is 0. The number of anilines is 1. The highest BCUT2D eigenvalue weighted by atomic mass is 19.4. The fourth-order valence-corrected chi connectivity index (χ4v) is 0.896. The molecule has 0 aliphatic heterocycles. The van der Waals surface area contributed by atoms with Crippen LogP contribution in [0, 0.1) is 0 Å². The number of ether oxygens (including phenoxy) is 1. The van der Waals surface area contributed by atoms with Crippen LogP contribution in [0.2, 0.25) is 0 Å². The molecule has 0 saturated carbocycles. The van der Waals surface area contributed by atoms with E-state index in [9.17, 15) is 22.8 Å². The molecule has 0 unspecified atom stereocenters. The van der Waals surface area contributed by atoms with Crippen LogP contribution in [0.25, 0.3) is 0 Å². The van der Waals surface area contributed by atoms with Crippen LogP contribution in [0.5, 0.6) is 0 Å². The number of nitrogens with one attached hydrogen (secondary N) is 1. The predicted molar refractivity (Wildman–Crippen MR) is 52.2 cm³/mol. The largest absolute Gasteiger partial charge is 0.477 e. The van der Waals surface area contributed by atoms with Gasteiger partial charge in [-0.15, -0.1) is 0 Å². The molecule has 98 valence electrons. The van der Waals surface area contributed by atoms with Crippen LogP contribution in [0.1, 0.15) is 10.5 Å². The highest BCUT2D eigenvalue weighted by Crippen LogP contribution is 2.15. The van der Waals surface area contributed by atoms with E-state index in [-0.39, 0.29) is 11.4 Å². The van der Waals surface area contributed by atoms with E-state index in [0.29, 0.717) is 0 Å². The Balaban J connectivity index is 2.52. The van der Waals surface area contributed by atoms with Crippen LogP contribution in [0.15, 0.2) is 18.3 Å². The van der Waals surface area contributed by atoms with Crippen molar-refractivity contribution in [1.82, 2.24) is 4.98 Å². The van der Waals surface area contributed by atoms with Gasteiger partial charge in [-0.2, -0.15) is 13.2 Å². The third kappa shape index (κ3) is 4.68. The van der Waals surface area contributed by atoms with Crippen LogP contribution in [-0.4, -0.2) is 34.9 Å². The van der Waals surface area contributed by atoms with Gasteiger partial charge in [0.25, 0.3) is 0 Å². The number of nitrogens with zero attached hydrogens (tertiary/aromatic N) is 1. The number of carboxylic acids is 1. The number of aromatic nitrogens is 1.